The predicted octanol–water partition coefficient (Wildman–Crippen LogP) is 3.85. The van der Waals surface area contributed by atoms with Crippen LogP contribution in [0.2, 0.25) is 0 Å². The molecule has 0 aliphatic heterocycles. The summed E-state index contributed by atoms with van der Waals surface area (Å²) in [4.78, 5) is 0. The van der Waals surface area contributed by atoms with E-state index in [9.17, 15) is 13.2 Å². The number of ether oxygens (including phenoxy) is 1. The van der Waals surface area contributed by atoms with Gasteiger partial charge in [0, 0.05) is 6.54 Å². The normalized spacial score (nSPS) is 11.9. The van der Waals surface area contributed by atoms with Crippen molar-refractivity contribution in [3.8, 4) is 5.75 Å². The number of rotatable bonds is 6. The van der Waals surface area contributed by atoms with Crippen LogP contribution in [0.5, 0.6) is 5.75 Å². The monoisotopic (exact) mass is 275 g/mol. The molecule has 0 atom stereocenters. The molecule has 0 radical (unpaired) electrons. The van der Waals surface area contributed by atoms with Gasteiger partial charge in [-0.05, 0) is 37.1 Å². The minimum Gasteiger partial charge on any atom is -0.493 e. The van der Waals surface area contributed by atoms with Crippen LogP contribution >= 0.6 is 0 Å². The van der Waals surface area contributed by atoms with Crippen LogP contribution in [0.25, 0.3) is 0 Å². The zero-order valence-corrected chi connectivity index (χ0v) is 11.5. The smallest absolute Gasteiger partial charge is 0.419 e. The maximum Gasteiger partial charge on any atom is 0.419 e. The molecule has 0 amide bonds. The molecule has 0 saturated heterocycles. The number of halogens is 3. The summed E-state index contributed by atoms with van der Waals surface area (Å²) in [5.41, 5.74) is -0.102. The lowest BCUT2D eigenvalue weighted by molar-refractivity contribution is -0.139. The lowest BCUT2D eigenvalue weighted by Crippen LogP contribution is -2.19. The Kier molecular flexibility index (Phi) is 5.66. The van der Waals surface area contributed by atoms with Crippen LogP contribution in [0.15, 0.2) is 18.2 Å². The first-order valence-corrected chi connectivity index (χ1v) is 6.38. The van der Waals surface area contributed by atoms with E-state index in [1.165, 1.54) is 6.07 Å². The number of alkyl halides is 3. The van der Waals surface area contributed by atoms with E-state index in [-0.39, 0.29) is 12.4 Å². The first kappa shape index (κ1) is 15.8. The highest BCUT2D eigenvalue weighted by atomic mass is 19.4. The van der Waals surface area contributed by atoms with Gasteiger partial charge in [0.05, 0.1) is 12.2 Å². The third-order valence-electron chi connectivity index (χ3n) is 2.53. The van der Waals surface area contributed by atoms with Gasteiger partial charge in [-0.15, -0.1) is 0 Å². The Morgan fingerprint density at radius 2 is 1.95 bits per heavy atom. The Morgan fingerprint density at radius 3 is 2.47 bits per heavy atom. The second-order valence-corrected chi connectivity index (χ2v) is 4.79. The van der Waals surface area contributed by atoms with Crippen LogP contribution in [0.1, 0.15) is 31.9 Å². The number of nitrogens with one attached hydrogen (secondary N) is 1. The summed E-state index contributed by atoms with van der Waals surface area (Å²) < 4.78 is 43.7. The first-order chi connectivity index (χ1) is 8.84. The summed E-state index contributed by atoms with van der Waals surface area (Å²) in [7, 11) is 0. The zero-order chi connectivity index (χ0) is 14.5. The summed E-state index contributed by atoms with van der Waals surface area (Å²) >= 11 is 0. The Labute approximate surface area is 112 Å². The van der Waals surface area contributed by atoms with E-state index in [1.54, 1.807) is 13.0 Å². The van der Waals surface area contributed by atoms with Crippen molar-refractivity contribution in [2.24, 2.45) is 5.92 Å². The molecule has 0 saturated carbocycles. The van der Waals surface area contributed by atoms with E-state index in [0.29, 0.717) is 18.0 Å². The molecule has 1 aromatic rings. The van der Waals surface area contributed by atoms with Gasteiger partial charge in [-0.3, -0.25) is 0 Å². The summed E-state index contributed by atoms with van der Waals surface area (Å²) in [6.45, 7) is 7.17. The van der Waals surface area contributed by atoms with E-state index in [2.05, 4.69) is 5.32 Å². The average molecular weight is 275 g/mol. The number of hydrogen-bond donors (Lipinski definition) is 1. The van der Waals surface area contributed by atoms with Gasteiger partial charge in [-0.2, -0.15) is 13.2 Å². The Morgan fingerprint density at radius 1 is 1.26 bits per heavy atom. The minimum atomic E-state index is -4.39. The third-order valence-corrected chi connectivity index (χ3v) is 2.53. The van der Waals surface area contributed by atoms with Gasteiger partial charge in [0.2, 0.25) is 0 Å². The SMILES string of the molecule is CCOc1ccc(CNCC(C)C)cc1C(F)(F)F. The molecule has 5 heteroatoms. The Hall–Kier alpha value is -1.23. The molecular formula is C14H20F3NO. The van der Waals surface area contributed by atoms with Gasteiger partial charge in [-0.1, -0.05) is 19.9 Å². The quantitative estimate of drug-likeness (QED) is 0.851. The van der Waals surface area contributed by atoms with Crippen molar-refractivity contribution in [1.29, 1.82) is 0 Å². The van der Waals surface area contributed by atoms with Gasteiger partial charge in [0.25, 0.3) is 0 Å². The molecule has 0 aliphatic rings. The molecule has 1 rings (SSSR count). The van der Waals surface area contributed by atoms with E-state index >= 15 is 0 Å². The fraction of sp³-hybridized carbons (Fsp3) is 0.571. The van der Waals surface area contributed by atoms with Crippen molar-refractivity contribution in [3.63, 3.8) is 0 Å². The molecule has 1 aromatic carbocycles. The van der Waals surface area contributed by atoms with E-state index in [4.69, 9.17) is 4.74 Å². The van der Waals surface area contributed by atoms with Gasteiger partial charge >= 0.3 is 6.18 Å². The molecule has 2 nitrogen and oxygen atoms in total. The maximum atomic E-state index is 12.9. The van der Waals surface area contributed by atoms with Crippen LogP contribution < -0.4 is 10.1 Å². The largest absolute Gasteiger partial charge is 0.493 e. The molecule has 108 valence electrons. The van der Waals surface area contributed by atoms with Gasteiger partial charge in [0.15, 0.2) is 0 Å². The number of benzene rings is 1. The predicted molar refractivity (Wildman–Crippen MR) is 69.2 cm³/mol. The van der Waals surface area contributed by atoms with E-state index in [0.717, 1.165) is 12.6 Å². The topological polar surface area (TPSA) is 21.3 Å². The molecule has 0 aliphatic carbocycles. The van der Waals surface area contributed by atoms with Crippen LogP contribution in [0.3, 0.4) is 0 Å². The highest BCUT2D eigenvalue weighted by Gasteiger charge is 2.34. The summed E-state index contributed by atoms with van der Waals surface area (Å²) in [5.74, 6) is 0.354. The summed E-state index contributed by atoms with van der Waals surface area (Å²) in [6.07, 6.45) is -4.39. The maximum absolute atomic E-state index is 12.9. The van der Waals surface area contributed by atoms with Crippen LogP contribution in [0, 0.1) is 5.92 Å². The molecule has 0 aromatic heterocycles. The fourth-order valence-corrected chi connectivity index (χ4v) is 1.70. The highest BCUT2D eigenvalue weighted by molar-refractivity contribution is 5.39. The summed E-state index contributed by atoms with van der Waals surface area (Å²) in [6, 6.07) is 4.20. The van der Waals surface area contributed by atoms with Crippen molar-refractivity contribution in [3.05, 3.63) is 29.3 Å². The second-order valence-electron chi connectivity index (χ2n) is 4.79. The average Bonchev–Trinajstić information content (AvgIpc) is 2.29. The van der Waals surface area contributed by atoms with Crippen LogP contribution in [-0.2, 0) is 12.7 Å². The lowest BCUT2D eigenvalue weighted by Gasteiger charge is -2.15. The fourth-order valence-electron chi connectivity index (χ4n) is 1.70. The molecular weight excluding hydrogens is 255 g/mol. The van der Waals surface area contributed by atoms with Crippen molar-refractivity contribution in [2.45, 2.75) is 33.5 Å². The molecule has 0 spiro atoms. The van der Waals surface area contributed by atoms with Gasteiger partial charge in [-0.25, -0.2) is 0 Å². The first-order valence-electron chi connectivity index (χ1n) is 6.38. The van der Waals surface area contributed by atoms with E-state index in [1.807, 2.05) is 13.8 Å². The second kappa shape index (κ2) is 6.80. The molecule has 1 N–H and O–H groups in total. The number of hydrogen-bond acceptors (Lipinski definition) is 2. The molecule has 0 fully saturated rings. The molecule has 0 heterocycles. The highest BCUT2D eigenvalue weighted by Crippen LogP contribution is 2.36. The Balaban J connectivity index is 2.86. The minimum absolute atomic E-state index is 0.109. The lowest BCUT2D eigenvalue weighted by atomic mass is 10.1. The van der Waals surface area contributed by atoms with Crippen molar-refractivity contribution in [1.82, 2.24) is 5.32 Å². The standard InChI is InChI=1S/C14H20F3NO/c1-4-19-13-6-5-11(9-18-8-10(2)3)7-12(13)14(15,16)17/h5-7,10,18H,4,8-9H2,1-3H3. The van der Waals surface area contributed by atoms with Crippen molar-refractivity contribution < 1.29 is 17.9 Å². The van der Waals surface area contributed by atoms with Crippen molar-refractivity contribution in [2.75, 3.05) is 13.2 Å². The van der Waals surface area contributed by atoms with Crippen molar-refractivity contribution >= 4 is 0 Å². The van der Waals surface area contributed by atoms with Gasteiger partial charge in [0.1, 0.15) is 5.75 Å². The third kappa shape index (κ3) is 5.11. The molecule has 0 bridgehead atoms. The summed E-state index contributed by atoms with van der Waals surface area (Å²) in [5, 5.41) is 3.12. The van der Waals surface area contributed by atoms with Crippen LogP contribution in [-0.4, -0.2) is 13.2 Å². The zero-order valence-electron chi connectivity index (χ0n) is 11.5. The molecule has 0 unspecified atom stereocenters. The van der Waals surface area contributed by atoms with Crippen LogP contribution in [0.4, 0.5) is 13.2 Å². The van der Waals surface area contributed by atoms with E-state index < -0.39 is 11.7 Å². The Bertz CT molecular complexity index is 402. The molecule has 19 heavy (non-hydrogen) atoms. The van der Waals surface area contributed by atoms with Gasteiger partial charge < -0.3 is 10.1 Å².